The normalized spacial score (nSPS) is 35.9. The molecule has 0 aromatic rings. The molecule has 0 unspecified atom stereocenters. The van der Waals surface area contributed by atoms with Crippen LogP contribution < -0.4 is 0 Å². The quantitative estimate of drug-likeness (QED) is 0.335. The van der Waals surface area contributed by atoms with E-state index in [1.54, 1.807) is 6.92 Å². The van der Waals surface area contributed by atoms with Gasteiger partial charge in [-0.2, -0.15) is 0 Å². The molecule has 0 radical (unpaired) electrons. The number of ether oxygens (including phenoxy) is 1. The molecule has 2 bridgehead atoms. The monoisotopic (exact) mass is 406 g/mol. The van der Waals surface area contributed by atoms with Gasteiger partial charge in [-0.15, -0.1) is 0 Å². The summed E-state index contributed by atoms with van der Waals surface area (Å²) >= 11 is 2.48. The molecular formula is C17H27IO3. The zero-order chi connectivity index (χ0) is 16.2. The Balaban J connectivity index is 2.23. The van der Waals surface area contributed by atoms with Crippen LogP contribution in [0.25, 0.3) is 0 Å². The highest BCUT2D eigenvalue weighted by atomic mass is 127. The lowest BCUT2D eigenvalue weighted by Crippen LogP contribution is -2.49. The lowest BCUT2D eigenvalue weighted by molar-refractivity contribution is -0.151. The van der Waals surface area contributed by atoms with Crippen LogP contribution in [0.3, 0.4) is 0 Å². The van der Waals surface area contributed by atoms with Crippen LogP contribution in [0.2, 0.25) is 0 Å². The number of rotatable bonds is 4. The van der Waals surface area contributed by atoms with E-state index in [2.05, 4.69) is 43.0 Å². The van der Waals surface area contributed by atoms with Gasteiger partial charge in [0.2, 0.25) is 0 Å². The highest BCUT2D eigenvalue weighted by Gasteiger charge is 2.61. The predicted octanol–water partition coefficient (Wildman–Crippen LogP) is 3.73. The molecule has 4 heteroatoms. The van der Waals surface area contributed by atoms with E-state index in [0.29, 0.717) is 23.3 Å². The molecule has 0 heterocycles. The van der Waals surface area contributed by atoms with Crippen LogP contribution in [0, 0.1) is 23.7 Å². The van der Waals surface area contributed by atoms with E-state index in [1.165, 1.54) is 0 Å². The first kappa shape index (κ1) is 17.3. The van der Waals surface area contributed by atoms with E-state index in [0.717, 1.165) is 12.8 Å². The Labute approximate surface area is 141 Å². The number of aliphatic hydroxyl groups is 1. The molecule has 2 aliphatic rings. The molecule has 21 heavy (non-hydrogen) atoms. The molecule has 0 aliphatic heterocycles. The lowest BCUT2D eigenvalue weighted by atomic mass is 9.66. The Hall–Kier alpha value is -0.100. The summed E-state index contributed by atoms with van der Waals surface area (Å²) in [6, 6.07) is 0. The molecule has 2 saturated carbocycles. The van der Waals surface area contributed by atoms with E-state index in [1.807, 2.05) is 13.8 Å². The summed E-state index contributed by atoms with van der Waals surface area (Å²) in [5.74, 6) is 1.14. The third-order valence-corrected chi connectivity index (χ3v) is 5.88. The van der Waals surface area contributed by atoms with Crippen molar-refractivity contribution in [3.05, 3.63) is 12.2 Å². The van der Waals surface area contributed by atoms with Crippen molar-refractivity contribution in [2.24, 2.45) is 23.7 Å². The average molecular weight is 406 g/mol. The molecule has 2 aliphatic carbocycles. The van der Waals surface area contributed by atoms with Crippen molar-refractivity contribution in [2.45, 2.75) is 62.6 Å². The Morgan fingerprint density at radius 2 is 1.81 bits per heavy atom. The maximum Gasteiger partial charge on any atom is 0.333 e. The molecular weight excluding hydrogens is 379 g/mol. The van der Waals surface area contributed by atoms with E-state index in [9.17, 15) is 9.90 Å². The van der Waals surface area contributed by atoms with E-state index < -0.39 is 5.60 Å². The van der Waals surface area contributed by atoms with Gasteiger partial charge in [-0.25, -0.2) is 4.79 Å². The van der Waals surface area contributed by atoms with Gasteiger partial charge >= 0.3 is 5.97 Å². The second kappa shape index (κ2) is 5.52. The minimum Gasteiger partial charge on any atom is -0.459 e. The second-order valence-corrected chi connectivity index (χ2v) is 10.7. The standard InChI is InChI=1S/C17H27IO3/c1-9(2)15(19)21-12-8-10-7-11(12)14(16(3,4)18)13(10)17(5,6)20/h10-14,20H,1,7-8H2,2-6H3/t10-,11+,12+,13-,14+/m1/s1. The minimum absolute atomic E-state index is 0.0168. The first-order chi connectivity index (χ1) is 9.43. The van der Waals surface area contributed by atoms with Gasteiger partial charge in [-0.1, -0.05) is 43.0 Å². The molecule has 0 amide bonds. The van der Waals surface area contributed by atoms with Gasteiger partial charge in [0.25, 0.3) is 0 Å². The van der Waals surface area contributed by atoms with E-state index in [-0.39, 0.29) is 21.4 Å². The molecule has 0 spiro atoms. The predicted molar refractivity (Wildman–Crippen MR) is 92.3 cm³/mol. The SMILES string of the molecule is C=C(C)C(=O)O[C@H]1C[C@H]2C[C@@H]1[C@H](C(C)(C)I)[C@@H]2C(C)(C)O. The van der Waals surface area contributed by atoms with Crippen LogP contribution in [-0.2, 0) is 9.53 Å². The number of hydrogen-bond acceptors (Lipinski definition) is 3. The van der Waals surface area contributed by atoms with Gasteiger partial charge in [0.1, 0.15) is 6.10 Å². The second-order valence-electron chi connectivity index (χ2n) is 7.89. The fraction of sp³-hybridized carbons (Fsp3) is 0.824. The molecule has 3 nitrogen and oxygen atoms in total. The minimum atomic E-state index is -0.685. The van der Waals surface area contributed by atoms with Gasteiger partial charge in [-0.3, -0.25) is 0 Å². The molecule has 5 atom stereocenters. The van der Waals surface area contributed by atoms with Gasteiger partial charge in [0, 0.05) is 14.9 Å². The Bertz CT molecular complexity index is 444. The largest absolute Gasteiger partial charge is 0.459 e. The average Bonchev–Trinajstić information content (AvgIpc) is 2.83. The van der Waals surface area contributed by atoms with Crippen LogP contribution in [0.5, 0.6) is 0 Å². The fourth-order valence-corrected chi connectivity index (χ4v) is 5.48. The zero-order valence-corrected chi connectivity index (χ0v) is 15.8. The Kier molecular flexibility index (Phi) is 4.53. The zero-order valence-electron chi connectivity index (χ0n) is 13.6. The summed E-state index contributed by atoms with van der Waals surface area (Å²) in [7, 11) is 0. The maximum absolute atomic E-state index is 11.8. The molecule has 0 aromatic heterocycles. The summed E-state index contributed by atoms with van der Waals surface area (Å²) in [6.45, 7) is 13.6. The number of fused-ring (bicyclic) bond motifs is 2. The van der Waals surface area contributed by atoms with Crippen LogP contribution in [-0.4, -0.2) is 26.2 Å². The molecule has 120 valence electrons. The number of halogens is 1. The van der Waals surface area contributed by atoms with Crippen LogP contribution in [0.1, 0.15) is 47.5 Å². The number of carbonyl (C=O) groups is 1. The van der Waals surface area contributed by atoms with Gasteiger partial charge in [0.05, 0.1) is 5.60 Å². The third-order valence-electron chi connectivity index (χ3n) is 5.16. The van der Waals surface area contributed by atoms with Gasteiger partial charge in [-0.05, 0) is 51.4 Å². The molecule has 2 fully saturated rings. The van der Waals surface area contributed by atoms with E-state index in [4.69, 9.17) is 4.74 Å². The highest BCUT2D eigenvalue weighted by Crippen LogP contribution is 2.61. The topological polar surface area (TPSA) is 46.5 Å². The van der Waals surface area contributed by atoms with Gasteiger partial charge in [0.15, 0.2) is 0 Å². The Morgan fingerprint density at radius 3 is 2.24 bits per heavy atom. The molecule has 1 N–H and O–H groups in total. The number of carbonyl (C=O) groups excluding carboxylic acids is 1. The molecule has 0 aromatic carbocycles. The van der Waals surface area contributed by atoms with Crippen molar-refractivity contribution in [3.8, 4) is 0 Å². The van der Waals surface area contributed by atoms with Crippen molar-refractivity contribution in [2.75, 3.05) is 0 Å². The summed E-state index contributed by atoms with van der Waals surface area (Å²) in [4.78, 5) is 11.8. The third kappa shape index (κ3) is 3.31. The van der Waals surface area contributed by atoms with Crippen molar-refractivity contribution >= 4 is 28.6 Å². The smallest absolute Gasteiger partial charge is 0.333 e. The summed E-state index contributed by atoms with van der Waals surface area (Å²) < 4.78 is 5.74. The highest BCUT2D eigenvalue weighted by molar-refractivity contribution is 14.1. The number of hydrogen-bond donors (Lipinski definition) is 1. The summed E-state index contributed by atoms with van der Waals surface area (Å²) in [6.07, 6.45) is 1.92. The van der Waals surface area contributed by atoms with Crippen molar-refractivity contribution in [1.29, 1.82) is 0 Å². The van der Waals surface area contributed by atoms with Crippen LogP contribution in [0.15, 0.2) is 12.2 Å². The van der Waals surface area contributed by atoms with E-state index >= 15 is 0 Å². The molecule has 0 saturated heterocycles. The molecule has 2 rings (SSSR count). The summed E-state index contributed by atoms with van der Waals surface area (Å²) in [5.41, 5.74) is -0.224. The first-order valence-electron chi connectivity index (χ1n) is 7.70. The van der Waals surface area contributed by atoms with Crippen LogP contribution in [0.4, 0.5) is 0 Å². The fourth-order valence-electron chi connectivity index (χ4n) is 4.63. The van der Waals surface area contributed by atoms with Crippen molar-refractivity contribution in [1.82, 2.24) is 0 Å². The number of alkyl halides is 1. The Morgan fingerprint density at radius 1 is 1.24 bits per heavy atom. The lowest BCUT2D eigenvalue weighted by Gasteiger charge is -2.46. The summed E-state index contributed by atoms with van der Waals surface area (Å²) in [5, 5.41) is 10.6. The van der Waals surface area contributed by atoms with Crippen LogP contribution >= 0.6 is 22.6 Å². The maximum atomic E-state index is 11.8. The number of esters is 1. The first-order valence-corrected chi connectivity index (χ1v) is 8.78. The van der Waals surface area contributed by atoms with Gasteiger partial charge < -0.3 is 9.84 Å². The van der Waals surface area contributed by atoms with Crippen molar-refractivity contribution in [3.63, 3.8) is 0 Å². The van der Waals surface area contributed by atoms with Crippen molar-refractivity contribution < 1.29 is 14.6 Å².